The number of hydrogen-bond acceptors (Lipinski definition) is 4. The van der Waals surface area contributed by atoms with Crippen LogP contribution in [-0.4, -0.2) is 33.9 Å². The number of hydrogen-bond donors (Lipinski definition) is 1. The summed E-state index contributed by atoms with van der Waals surface area (Å²) in [5.74, 6) is 1.87. The van der Waals surface area contributed by atoms with Crippen LogP contribution in [0.25, 0.3) is 0 Å². The highest BCUT2D eigenvalue weighted by Gasteiger charge is 2.22. The van der Waals surface area contributed by atoms with Crippen LogP contribution in [0.3, 0.4) is 0 Å². The van der Waals surface area contributed by atoms with Crippen molar-refractivity contribution in [3.8, 4) is 5.75 Å². The molecule has 4 nitrogen and oxygen atoms in total. The van der Waals surface area contributed by atoms with Gasteiger partial charge in [0, 0.05) is 17.5 Å². The molecular formula is C13H25N3OS. The summed E-state index contributed by atoms with van der Waals surface area (Å²) in [6.45, 7) is 9.77. The van der Waals surface area contributed by atoms with Gasteiger partial charge in [-0.3, -0.25) is 4.68 Å². The lowest BCUT2D eigenvalue weighted by Gasteiger charge is -2.24. The molecule has 5 heteroatoms. The highest BCUT2D eigenvalue weighted by atomic mass is 32.2. The Morgan fingerprint density at radius 2 is 2.17 bits per heavy atom. The first kappa shape index (κ1) is 15.4. The molecule has 1 N–H and O–H groups in total. The highest BCUT2D eigenvalue weighted by molar-refractivity contribution is 8.00. The van der Waals surface area contributed by atoms with E-state index in [0.29, 0.717) is 0 Å². The molecule has 0 aromatic carbocycles. The van der Waals surface area contributed by atoms with Crippen molar-refractivity contribution in [2.24, 2.45) is 7.05 Å². The fraction of sp³-hybridized carbons (Fsp3) is 0.769. The van der Waals surface area contributed by atoms with Gasteiger partial charge in [0.25, 0.3) is 0 Å². The van der Waals surface area contributed by atoms with Gasteiger partial charge in [-0.2, -0.15) is 16.9 Å². The van der Waals surface area contributed by atoms with Gasteiger partial charge in [-0.05, 0) is 6.54 Å². The molecular weight excluding hydrogens is 246 g/mol. The van der Waals surface area contributed by atoms with E-state index in [1.807, 2.05) is 23.5 Å². The minimum Gasteiger partial charge on any atom is -0.493 e. The normalized spacial score (nSPS) is 13.7. The fourth-order valence-corrected chi connectivity index (χ4v) is 2.74. The van der Waals surface area contributed by atoms with Crippen LogP contribution in [0.15, 0.2) is 6.20 Å². The molecule has 0 aliphatic rings. The number of ether oxygens (including phenoxy) is 1. The molecule has 104 valence electrons. The van der Waals surface area contributed by atoms with Crippen molar-refractivity contribution in [3.05, 3.63) is 11.9 Å². The number of methoxy groups -OCH3 is 1. The molecule has 1 heterocycles. The third-order valence-electron chi connectivity index (χ3n) is 2.63. The van der Waals surface area contributed by atoms with Crippen LogP contribution in [0.1, 0.15) is 39.4 Å². The van der Waals surface area contributed by atoms with Gasteiger partial charge in [0.15, 0.2) is 5.75 Å². The second-order valence-corrected chi connectivity index (χ2v) is 7.10. The van der Waals surface area contributed by atoms with Crippen molar-refractivity contribution < 1.29 is 4.74 Å². The molecule has 18 heavy (non-hydrogen) atoms. The van der Waals surface area contributed by atoms with E-state index in [4.69, 9.17) is 4.74 Å². The van der Waals surface area contributed by atoms with Crippen LogP contribution in [0.4, 0.5) is 0 Å². The Bertz CT molecular complexity index is 371. The predicted octanol–water partition coefficient (Wildman–Crippen LogP) is 2.61. The topological polar surface area (TPSA) is 39.1 Å². The van der Waals surface area contributed by atoms with Crippen LogP contribution >= 0.6 is 11.8 Å². The molecule has 0 radical (unpaired) electrons. The van der Waals surface area contributed by atoms with Gasteiger partial charge in [-0.25, -0.2) is 0 Å². The van der Waals surface area contributed by atoms with Crippen molar-refractivity contribution in [3.63, 3.8) is 0 Å². The lowest BCUT2D eigenvalue weighted by molar-refractivity contribution is 0.399. The van der Waals surface area contributed by atoms with Gasteiger partial charge in [-0.15, -0.1) is 0 Å². The molecule has 1 aromatic heterocycles. The molecule has 0 bridgehead atoms. The van der Waals surface area contributed by atoms with Gasteiger partial charge in [0.1, 0.15) is 0 Å². The van der Waals surface area contributed by atoms with E-state index in [1.54, 1.807) is 13.3 Å². The third-order valence-corrected chi connectivity index (χ3v) is 4.00. The standard InChI is InChI=1S/C13H25N3OS/c1-7-14-10(9-18-13(2,3)4)12-11(17-6)8-15-16(12)5/h8,10,14H,7,9H2,1-6H3. The zero-order valence-electron chi connectivity index (χ0n) is 12.3. The molecule has 0 fully saturated rings. The molecule has 1 unspecified atom stereocenters. The minimum absolute atomic E-state index is 0.263. The quantitative estimate of drug-likeness (QED) is 0.863. The number of nitrogens with zero attached hydrogens (tertiary/aromatic N) is 2. The maximum atomic E-state index is 5.39. The smallest absolute Gasteiger partial charge is 0.161 e. The van der Waals surface area contributed by atoms with E-state index in [1.165, 1.54) is 0 Å². The Labute approximate surface area is 114 Å². The van der Waals surface area contributed by atoms with Crippen molar-refractivity contribution in [1.29, 1.82) is 0 Å². The SMILES string of the molecule is CCNC(CSC(C)(C)C)c1c(OC)cnn1C. The monoisotopic (exact) mass is 271 g/mol. The number of rotatable bonds is 6. The lowest BCUT2D eigenvalue weighted by atomic mass is 10.2. The van der Waals surface area contributed by atoms with Gasteiger partial charge >= 0.3 is 0 Å². The summed E-state index contributed by atoms with van der Waals surface area (Å²) in [7, 11) is 3.66. The highest BCUT2D eigenvalue weighted by Crippen LogP contribution is 2.31. The van der Waals surface area contributed by atoms with Crippen LogP contribution in [-0.2, 0) is 7.05 Å². The van der Waals surface area contributed by atoms with Crippen LogP contribution in [0.2, 0.25) is 0 Å². The van der Waals surface area contributed by atoms with Crippen molar-refractivity contribution in [2.75, 3.05) is 19.4 Å². The van der Waals surface area contributed by atoms with Crippen molar-refractivity contribution in [1.82, 2.24) is 15.1 Å². The Morgan fingerprint density at radius 3 is 2.67 bits per heavy atom. The molecule has 0 spiro atoms. The zero-order chi connectivity index (χ0) is 13.8. The van der Waals surface area contributed by atoms with Crippen molar-refractivity contribution in [2.45, 2.75) is 38.5 Å². The van der Waals surface area contributed by atoms with E-state index >= 15 is 0 Å². The van der Waals surface area contributed by atoms with Gasteiger partial charge in [0.2, 0.25) is 0 Å². The summed E-state index contributed by atoms with van der Waals surface area (Å²) in [6.07, 6.45) is 1.78. The molecule has 1 aromatic rings. The summed E-state index contributed by atoms with van der Waals surface area (Å²) in [5, 5.41) is 7.79. The average molecular weight is 271 g/mol. The molecule has 0 aliphatic carbocycles. The second-order valence-electron chi connectivity index (χ2n) is 5.26. The van der Waals surface area contributed by atoms with Gasteiger partial charge in [0.05, 0.1) is 25.0 Å². The molecule has 1 atom stereocenters. The number of thioether (sulfide) groups is 1. The van der Waals surface area contributed by atoms with Crippen LogP contribution in [0, 0.1) is 0 Å². The largest absolute Gasteiger partial charge is 0.493 e. The summed E-state index contributed by atoms with van der Waals surface area (Å²) >= 11 is 1.95. The maximum Gasteiger partial charge on any atom is 0.161 e. The van der Waals surface area contributed by atoms with E-state index in [-0.39, 0.29) is 10.8 Å². The lowest BCUT2D eigenvalue weighted by Crippen LogP contribution is -2.27. The van der Waals surface area contributed by atoms with Crippen LogP contribution in [0.5, 0.6) is 5.75 Å². The Hall–Kier alpha value is -0.680. The van der Waals surface area contributed by atoms with Crippen LogP contribution < -0.4 is 10.1 Å². The number of aryl methyl sites for hydroxylation is 1. The predicted molar refractivity (Wildman–Crippen MR) is 78.4 cm³/mol. The Kier molecular flexibility index (Phi) is 5.53. The zero-order valence-corrected chi connectivity index (χ0v) is 13.1. The van der Waals surface area contributed by atoms with Crippen molar-refractivity contribution >= 4 is 11.8 Å². The van der Waals surface area contributed by atoms with E-state index < -0.39 is 0 Å². The van der Waals surface area contributed by atoms with E-state index in [9.17, 15) is 0 Å². The Balaban J connectivity index is 2.86. The molecule has 1 rings (SSSR count). The molecule has 0 saturated carbocycles. The summed E-state index contributed by atoms with van der Waals surface area (Å²) < 4.78 is 7.55. The van der Waals surface area contributed by atoms with Gasteiger partial charge < -0.3 is 10.1 Å². The Morgan fingerprint density at radius 1 is 1.50 bits per heavy atom. The second kappa shape index (κ2) is 6.48. The molecule has 0 amide bonds. The fourth-order valence-electron chi connectivity index (χ4n) is 1.80. The third kappa shape index (κ3) is 4.21. The first-order valence-electron chi connectivity index (χ1n) is 6.32. The first-order chi connectivity index (χ1) is 8.39. The van der Waals surface area contributed by atoms with E-state index in [0.717, 1.165) is 23.7 Å². The number of aromatic nitrogens is 2. The molecule has 0 saturated heterocycles. The number of nitrogens with one attached hydrogen (secondary N) is 1. The minimum atomic E-state index is 0.263. The molecule has 0 aliphatic heterocycles. The summed E-state index contributed by atoms with van der Waals surface area (Å²) in [4.78, 5) is 0. The average Bonchev–Trinajstić information content (AvgIpc) is 2.64. The first-order valence-corrected chi connectivity index (χ1v) is 7.30. The van der Waals surface area contributed by atoms with E-state index in [2.05, 4.69) is 38.1 Å². The maximum absolute atomic E-state index is 5.39. The summed E-state index contributed by atoms with van der Waals surface area (Å²) in [5.41, 5.74) is 1.12. The summed E-state index contributed by atoms with van der Waals surface area (Å²) in [6, 6.07) is 0.265. The van der Waals surface area contributed by atoms with Gasteiger partial charge in [-0.1, -0.05) is 27.7 Å².